The molecule has 0 aromatic carbocycles. The average molecular weight is 1200 g/mol. The highest BCUT2D eigenvalue weighted by molar-refractivity contribution is 7.32. The Morgan fingerprint density at radius 2 is 0.797 bits per heavy atom. The van der Waals surface area contributed by atoms with Crippen molar-refractivity contribution < 1.29 is 0 Å². The summed E-state index contributed by atoms with van der Waals surface area (Å²) in [7, 11) is 0. The lowest BCUT2D eigenvalue weighted by Gasteiger charge is -2.37. The molecule has 418 valence electrons. The summed E-state index contributed by atoms with van der Waals surface area (Å²) >= 11 is 14.1. The lowest BCUT2D eigenvalue weighted by Crippen LogP contribution is -2.31. The molecule has 10 aromatic heterocycles. The van der Waals surface area contributed by atoms with Crippen LogP contribution in [-0.2, 0) is 5.41 Å². The number of pyridine rings is 2. The van der Waals surface area contributed by atoms with Gasteiger partial charge in [-0.05, 0) is 97.9 Å². The minimum absolute atomic E-state index is 0.135. The third kappa shape index (κ3) is 11.4. The summed E-state index contributed by atoms with van der Waals surface area (Å²) in [6, 6.07) is 14.7. The van der Waals surface area contributed by atoms with Gasteiger partial charge in [0.1, 0.15) is 33.5 Å². The molecule has 10 aromatic rings. The van der Waals surface area contributed by atoms with Crippen LogP contribution in [0.25, 0.3) is 92.6 Å². The first-order valence-corrected chi connectivity index (χ1v) is 36.2. The predicted octanol–water partition coefficient (Wildman–Crippen LogP) is 22.1. The molecule has 0 amide bonds. The summed E-state index contributed by atoms with van der Waals surface area (Å²) < 4.78 is 25.6. The first-order chi connectivity index (χ1) is 38.8. The molecule has 10 heterocycles. The highest BCUT2D eigenvalue weighted by atomic mass is 32.1. The molecule has 16 heteroatoms. The van der Waals surface area contributed by atoms with Crippen molar-refractivity contribution in [1.29, 1.82) is 0 Å². The second-order valence-electron chi connectivity index (χ2n) is 22.2. The maximum absolute atomic E-state index is 5.40. The van der Waals surface area contributed by atoms with E-state index in [0.717, 1.165) is 83.6 Å². The van der Waals surface area contributed by atoms with E-state index >= 15 is 0 Å². The Bertz CT molecular complexity index is 3300. The van der Waals surface area contributed by atoms with Gasteiger partial charge < -0.3 is 9.80 Å². The lowest BCUT2D eigenvalue weighted by atomic mass is 9.65. The van der Waals surface area contributed by atoms with E-state index in [1.165, 1.54) is 195 Å². The van der Waals surface area contributed by atoms with Crippen LogP contribution in [0.5, 0.6) is 0 Å². The van der Waals surface area contributed by atoms with Crippen molar-refractivity contribution in [2.75, 3.05) is 36.0 Å². The molecule has 1 aliphatic rings. The molecule has 8 nitrogen and oxygen atoms in total. The molecule has 79 heavy (non-hydrogen) atoms. The fourth-order valence-corrected chi connectivity index (χ4v) is 20.9. The van der Waals surface area contributed by atoms with E-state index in [4.69, 9.17) is 27.5 Å². The van der Waals surface area contributed by atoms with Crippen LogP contribution in [-0.4, -0.2) is 53.6 Å². The van der Waals surface area contributed by atoms with E-state index < -0.39 is 0 Å². The molecule has 2 unspecified atom stereocenters. The topological polar surface area (TPSA) is 83.8 Å². The van der Waals surface area contributed by atoms with Crippen LogP contribution in [0.15, 0.2) is 48.8 Å². The van der Waals surface area contributed by atoms with Crippen LogP contribution in [0, 0.1) is 11.8 Å². The number of hydrogen-bond donors (Lipinski definition) is 0. The van der Waals surface area contributed by atoms with E-state index in [1.807, 2.05) is 68.0 Å². The van der Waals surface area contributed by atoms with Crippen LogP contribution >= 0.6 is 91.5 Å². The van der Waals surface area contributed by atoms with E-state index in [9.17, 15) is 0 Å². The van der Waals surface area contributed by atoms with Crippen molar-refractivity contribution in [3.8, 4) is 51.8 Å². The van der Waals surface area contributed by atoms with Gasteiger partial charge in [-0.15, -0.1) is 68.0 Å². The third-order valence-electron chi connectivity index (χ3n) is 16.8. The average Bonchev–Trinajstić information content (AvgIpc) is 4.51. The lowest BCUT2D eigenvalue weighted by molar-refractivity contribution is 0.266. The minimum Gasteiger partial charge on any atom is -0.363 e. The van der Waals surface area contributed by atoms with E-state index in [2.05, 4.69) is 114 Å². The van der Waals surface area contributed by atoms with E-state index in [-0.39, 0.29) is 5.41 Å². The van der Waals surface area contributed by atoms with Crippen LogP contribution in [0.2, 0.25) is 0 Å². The van der Waals surface area contributed by atoms with Crippen LogP contribution in [0.1, 0.15) is 182 Å². The van der Waals surface area contributed by atoms with Gasteiger partial charge in [-0.1, -0.05) is 132 Å². The van der Waals surface area contributed by atoms with Crippen LogP contribution in [0.3, 0.4) is 0 Å². The second-order valence-corrected chi connectivity index (χ2v) is 29.7. The molecule has 11 rings (SSSR count). The Balaban J connectivity index is 0.986. The number of thiophene rings is 6. The number of anilines is 2. The Labute approximate surface area is 501 Å². The van der Waals surface area contributed by atoms with Crippen molar-refractivity contribution in [2.45, 2.75) is 176 Å². The predicted molar refractivity (Wildman–Crippen MR) is 354 cm³/mol. The zero-order valence-corrected chi connectivity index (χ0v) is 54.2. The SMILES string of the molecule is CCCCC(CC)CC1(CC(CC)CCCC)c2cc(-c3ncc(-c4cc5sc(N(CCCC)CCCC)cc5s4)c4nsnc34)sc2-c2sc(-c3ncc(-c4cc5sc(N(CCCC)CCCC)cc5s4)c4nsnc34)cc21. The quantitative estimate of drug-likeness (QED) is 0.0440. The summed E-state index contributed by atoms with van der Waals surface area (Å²) in [5, 5.41) is 2.80. The molecule has 0 radical (unpaired) electrons. The molecule has 1 aliphatic carbocycles. The van der Waals surface area contributed by atoms with Crippen LogP contribution in [0.4, 0.5) is 10.0 Å². The van der Waals surface area contributed by atoms with Gasteiger partial charge in [0.25, 0.3) is 0 Å². The smallest absolute Gasteiger partial charge is 0.132 e. The van der Waals surface area contributed by atoms with Gasteiger partial charge in [-0.2, -0.15) is 17.5 Å². The maximum atomic E-state index is 5.40. The maximum Gasteiger partial charge on any atom is 0.132 e. The van der Waals surface area contributed by atoms with E-state index in [1.54, 1.807) is 0 Å². The molecular weight excluding hydrogens is 1130 g/mol. The second kappa shape index (κ2) is 25.8. The van der Waals surface area contributed by atoms with Gasteiger partial charge in [0.05, 0.1) is 43.2 Å². The molecular formula is C63H78N8S8. The fraction of sp³-hybridized carbons (Fsp3) is 0.524. The zero-order chi connectivity index (χ0) is 54.6. The van der Waals surface area contributed by atoms with Crippen molar-refractivity contribution in [3.63, 3.8) is 0 Å². The van der Waals surface area contributed by atoms with E-state index in [0.29, 0.717) is 11.8 Å². The highest BCUT2D eigenvalue weighted by Gasteiger charge is 2.48. The summed E-state index contributed by atoms with van der Waals surface area (Å²) in [4.78, 5) is 23.7. The van der Waals surface area contributed by atoms with Gasteiger partial charge >= 0.3 is 0 Å². The number of fused-ring (bicyclic) bond motifs is 7. The zero-order valence-electron chi connectivity index (χ0n) is 47.7. The Hall–Kier alpha value is -3.74. The highest BCUT2D eigenvalue weighted by Crippen LogP contribution is 2.63. The number of unbranched alkanes of at least 4 members (excludes halogenated alkanes) is 6. The summed E-state index contributed by atoms with van der Waals surface area (Å²) in [5.74, 6) is 1.24. The van der Waals surface area contributed by atoms with Crippen molar-refractivity contribution in [2.24, 2.45) is 11.8 Å². The number of nitrogens with zero attached hydrogens (tertiary/aromatic N) is 8. The summed E-state index contributed by atoms with van der Waals surface area (Å²) in [5.41, 5.74) is 10.7. The Kier molecular flexibility index (Phi) is 18.7. The van der Waals surface area contributed by atoms with Gasteiger partial charge in [-0.3, -0.25) is 9.97 Å². The molecule has 0 spiro atoms. The summed E-state index contributed by atoms with van der Waals surface area (Å²) in [6.45, 7) is 23.2. The molecule has 0 bridgehead atoms. The van der Waals surface area contributed by atoms with Crippen LogP contribution < -0.4 is 9.80 Å². The number of rotatable bonds is 30. The number of hydrogen-bond acceptors (Lipinski definition) is 16. The van der Waals surface area contributed by atoms with Crippen molar-refractivity contribution >= 4 is 142 Å². The largest absolute Gasteiger partial charge is 0.363 e. The normalized spacial score (nSPS) is 13.9. The first-order valence-electron chi connectivity index (χ1n) is 29.9. The minimum atomic E-state index is -0.135. The molecule has 0 saturated heterocycles. The van der Waals surface area contributed by atoms with Gasteiger partial charge in [0.15, 0.2) is 0 Å². The van der Waals surface area contributed by atoms with Gasteiger partial charge in [0.2, 0.25) is 0 Å². The molecule has 0 N–H and O–H groups in total. The van der Waals surface area contributed by atoms with Gasteiger partial charge in [-0.25, -0.2) is 0 Å². The molecule has 0 aliphatic heterocycles. The molecule has 2 atom stereocenters. The van der Waals surface area contributed by atoms with Crippen molar-refractivity contribution in [1.82, 2.24) is 27.5 Å². The van der Waals surface area contributed by atoms with Crippen molar-refractivity contribution in [3.05, 3.63) is 59.9 Å². The molecule has 0 saturated carbocycles. The summed E-state index contributed by atoms with van der Waals surface area (Å²) in [6.07, 6.45) is 26.1. The monoisotopic (exact) mass is 1200 g/mol. The first kappa shape index (κ1) is 57.1. The standard InChI is InChI=1S/C63H78N8S8/c1-9-17-23-39(15-7)35-63(36-40(16-8)24-18-10-2)43-29-51(57-59-55(66-78-68-59)41(37-64-57)45-31-47-49(72-45)33-53(74-47)70(25-19-11-3)26-20-12-4)76-61(43)62-44(63)30-52(77-62)58-60-56(67-79-69-60)42(38-65-58)46-32-48-50(73-46)34-54(75-48)71(27-21-13-5)28-22-14-6/h29-34,37-40H,9-28,35-36H2,1-8H3. The number of aromatic nitrogens is 6. The Morgan fingerprint density at radius 1 is 0.418 bits per heavy atom. The van der Waals surface area contributed by atoms with Gasteiger partial charge in [0, 0.05) is 93.4 Å². The Morgan fingerprint density at radius 3 is 1.16 bits per heavy atom. The molecule has 0 fully saturated rings. The third-order valence-corrected chi connectivity index (χ3v) is 25.1. The fourth-order valence-electron chi connectivity index (χ4n) is 12.2.